The van der Waals surface area contributed by atoms with Gasteiger partial charge in [-0.05, 0) is 59.2 Å². The van der Waals surface area contributed by atoms with Crippen molar-refractivity contribution in [2.45, 2.75) is 6.92 Å². The molecule has 0 aliphatic rings. The molecule has 0 aliphatic carbocycles. The van der Waals surface area contributed by atoms with E-state index >= 15 is 4.57 Å². The van der Waals surface area contributed by atoms with E-state index in [9.17, 15) is 0 Å². The van der Waals surface area contributed by atoms with Gasteiger partial charge in [-0.1, -0.05) is 140 Å². The maximum Gasteiger partial charge on any atom is 0.171 e. The Balaban J connectivity index is 1.31. The van der Waals surface area contributed by atoms with E-state index in [1.807, 2.05) is 97.9 Å². The molecule has 0 atom stereocenters. The van der Waals surface area contributed by atoms with Crippen molar-refractivity contribution in [3.63, 3.8) is 0 Å². The number of benzene rings is 6. The van der Waals surface area contributed by atoms with Crippen molar-refractivity contribution in [2.24, 2.45) is 0 Å². The van der Waals surface area contributed by atoms with Crippen LogP contribution in [-0.2, 0) is 4.57 Å². The van der Waals surface area contributed by atoms with Crippen LogP contribution in [0.5, 0.6) is 0 Å². The van der Waals surface area contributed by atoms with Gasteiger partial charge in [0.05, 0.1) is 16.9 Å². The molecule has 0 N–H and O–H groups in total. The summed E-state index contributed by atoms with van der Waals surface area (Å²) in [6, 6.07) is 48.9. The largest absolute Gasteiger partial charge is 0.309 e. The Bertz CT molecular complexity index is 2510. The summed E-state index contributed by atoms with van der Waals surface area (Å²) in [7, 11) is -3.11. The van der Waals surface area contributed by atoms with Gasteiger partial charge in [0.15, 0.2) is 7.14 Å². The van der Waals surface area contributed by atoms with Crippen molar-refractivity contribution < 1.29 is 4.57 Å². The van der Waals surface area contributed by atoms with Gasteiger partial charge < -0.3 is 4.57 Å². The first-order valence-corrected chi connectivity index (χ1v) is 17.7. The number of fused-ring (bicyclic) bond motifs is 4. The van der Waals surface area contributed by atoms with Crippen molar-refractivity contribution in [2.75, 3.05) is 0 Å². The van der Waals surface area contributed by atoms with E-state index in [0.717, 1.165) is 66.4 Å². The molecule has 0 aliphatic heterocycles. The number of imidazole rings is 1. The van der Waals surface area contributed by atoms with Crippen molar-refractivity contribution >= 4 is 62.5 Å². The van der Waals surface area contributed by atoms with Crippen LogP contribution >= 0.6 is 7.14 Å². The number of hydrogen-bond donors (Lipinski definition) is 0. The zero-order valence-electron chi connectivity index (χ0n) is 26.5. The van der Waals surface area contributed by atoms with Crippen LogP contribution in [0.2, 0.25) is 0 Å². The average molecular weight is 638 g/mol. The van der Waals surface area contributed by atoms with Crippen LogP contribution in [0.1, 0.15) is 18.3 Å². The molecule has 48 heavy (non-hydrogen) atoms. The molecule has 2 heterocycles. The van der Waals surface area contributed by atoms with E-state index in [2.05, 4.69) is 77.7 Å². The molecule has 0 amide bonds. The molecule has 230 valence electrons. The molecule has 5 heteroatoms. The molecule has 0 radical (unpaired) electrons. The summed E-state index contributed by atoms with van der Waals surface area (Å²) in [5, 5.41) is 5.75. The van der Waals surface area contributed by atoms with Gasteiger partial charge in [-0.2, -0.15) is 0 Å². The summed E-state index contributed by atoms with van der Waals surface area (Å²) >= 11 is 0. The maximum atomic E-state index is 15.0. The lowest BCUT2D eigenvalue weighted by atomic mass is 10.00. The fraction of sp³-hybridized carbons (Fsp3) is 0.0233. The molecule has 8 aromatic rings. The third-order valence-corrected chi connectivity index (χ3v) is 12.0. The Morgan fingerprint density at radius 1 is 0.625 bits per heavy atom. The molecular formula is C43H32N3OP. The molecule has 6 aromatic carbocycles. The second-order valence-corrected chi connectivity index (χ2v) is 14.6. The fourth-order valence-electron chi connectivity index (χ4n) is 6.58. The quantitative estimate of drug-likeness (QED) is 0.164. The van der Waals surface area contributed by atoms with Crippen molar-refractivity contribution in [3.8, 4) is 22.5 Å². The second kappa shape index (κ2) is 12.1. The standard InChI is InChI=1S/C43H32N3OP/c1-3-13-41-39(4-2)44-43-38-29-34(33-21-20-30-14-11-12-15-32(30)28-33)24-27-40(38)45-42(46(41)43)31-22-25-37(26-23-31)48(47,35-16-7-5-8-17-35)36-18-9-6-10-19-36/h3-29H,2H2,1H3/b13-3-. The van der Waals surface area contributed by atoms with E-state index in [0.29, 0.717) is 0 Å². The summed E-state index contributed by atoms with van der Waals surface area (Å²) in [4.78, 5) is 10.3. The van der Waals surface area contributed by atoms with Gasteiger partial charge in [-0.25, -0.2) is 9.97 Å². The first-order valence-electron chi connectivity index (χ1n) is 16.0. The third-order valence-electron chi connectivity index (χ3n) is 8.95. The summed E-state index contributed by atoms with van der Waals surface area (Å²) in [6.45, 7) is 6.08. The van der Waals surface area contributed by atoms with Gasteiger partial charge in [-0.15, -0.1) is 0 Å². The molecule has 0 spiro atoms. The van der Waals surface area contributed by atoms with Crippen LogP contribution in [0, 0.1) is 0 Å². The first kappa shape index (κ1) is 29.6. The first-order chi connectivity index (χ1) is 23.6. The molecule has 0 bridgehead atoms. The van der Waals surface area contributed by atoms with Crippen molar-refractivity contribution in [1.82, 2.24) is 14.4 Å². The summed E-state index contributed by atoms with van der Waals surface area (Å²) in [5.41, 5.74) is 6.49. The van der Waals surface area contributed by atoms with Gasteiger partial charge >= 0.3 is 0 Å². The van der Waals surface area contributed by atoms with E-state index < -0.39 is 7.14 Å². The summed E-state index contributed by atoms with van der Waals surface area (Å²) < 4.78 is 17.1. The highest BCUT2D eigenvalue weighted by Gasteiger charge is 2.29. The van der Waals surface area contributed by atoms with E-state index in [1.54, 1.807) is 6.08 Å². The normalized spacial score (nSPS) is 11.9. The van der Waals surface area contributed by atoms with Crippen LogP contribution in [0.4, 0.5) is 0 Å². The van der Waals surface area contributed by atoms with Crippen molar-refractivity contribution in [1.29, 1.82) is 0 Å². The summed E-state index contributed by atoms with van der Waals surface area (Å²) in [5.74, 6) is 0.755. The molecule has 2 aromatic heterocycles. The van der Waals surface area contributed by atoms with Gasteiger partial charge in [0, 0.05) is 26.9 Å². The lowest BCUT2D eigenvalue weighted by molar-refractivity contribution is 0.592. The van der Waals surface area contributed by atoms with Crippen molar-refractivity contribution in [3.05, 3.63) is 170 Å². The van der Waals surface area contributed by atoms with E-state index in [1.165, 1.54) is 10.8 Å². The molecular weight excluding hydrogens is 605 g/mol. The Morgan fingerprint density at radius 2 is 1.21 bits per heavy atom. The Morgan fingerprint density at radius 3 is 1.88 bits per heavy atom. The Kier molecular flexibility index (Phi) is 7.44. The van der Waals surface area contributed by atoms with Crippen LogP contribution in [0.25, 0.3) is 62.0 Å². The number of rotatable bonds is 7. The monoisotopic (exact) mass is 637 g/mol. The highest BCUT2D eigenvalue weighted by Crippen LogP contribution is 2.43. The minimum absolute atomic E-state index is 0.755. The number of allylic oxidation sites excluding steroid dienone is 1. The van der Waals surface area contributed by atoms with Gasteiger partial charge in [-0.3, -0.25) is 4.40 Å². The van der Waals surface area contributed by atoms with E-state index in [-0.39, 0.29) is 0 Å². The number of aromatic nitrogens is 3. The molecule has 0 unspecified atom stereocenters. The zero-order chi connectivity index (χ0) is 32.7. The molecule has 0 saturated carbocycles. The topological polar surface area (TPSA) is 47.3 Å². The smallest absolute Gasteiger partial charge is 0.171 e. The summed E-state index contributed by atoms with van der Waals surface area (Å²) in [6.07, 6.45) is 5.85. The minimum atomic E-state index is -3.11. The Hall–Kier alpha value is -5.83. The second-order valence-electron chi connectivity index (χ2n) is 11.8. The minimum Gasteiger partial charge on any atom is -0.309 e. The highest BCUT2D eigenvalue weighted by molar-refractivity contribution is 7.85. The number of hydrogen-bond acceptors (Lipinski definition) is 3. The predicted octanol–water partition coefficient (Wildman–Crippen LogP) is 9.69. The van der Waals surface area contributed by atoms with Crippen LogP contribution in [0.3, 0.4) is 0 Å². The predicted molar refractivity (Wildman–Crippen MR) is 203 cm³/mol. The third kappa shape index (κ3) is 4.90. The SMILES string of the molecule is C=Cc1nc2c3cc(-c4ccc5ccccc5c4)ccc3nc(-c3ccc(P(=O)(c4ccccc4)c4ccccc4)cc3)n2c1/C=C\C. The zero-order valence-corrected chi connectivity index (χ0v) is 27.4. The lowest BCUT2D eigenvalue weighted by Gasteiger charge is -2.20. The van der Waals surface area contributed by atoms with Crippen LogP contribution < -0.4 is 15.9 Å². The van der Waals surface area contributed by atoms with Gasteiger partial charge in [0.2, 0.25) is 0 Å². The molecule has 0 fully saturated rings. The van der Waals surface area contributed by atoms with E-state index in [4.69, 9.17) is 9.97 Å². The van der Waals surface area contributed by atoms with Gasteiger partial charge in [0.1, 0.15) is 11.5 Å². The Labute approximate surface area is 279 Å². The molecule has 0 saturated heterocycles. The van der Waals surface area contributed by atoms with Crippen LogP contribution in [-0.4, -0.2) is 14.4 Å². The number of nitrogens with zero attached hydrogens (tertiary/aromatic N) is 3. The average Bonchev–Trinajstić information content (AvgIpc) is 3.53. The highest BCUT2D eigenvalue weighted by atomic mass is 31.2. The lowest BCUT2D eigenvalue weighted by Crippen LogP contribution is -2.24. The van der Waals surface area contributed by atoms with Gasteiger partial charge in [0.25, 0.3) is 0 Å². The molecule has 4 nitrogen and oxygen atoms in total. The van der Waals surface area contributed by atoms with Crippen LogP contribution in [0.15, 0.2) is 158 Å². The maximum absolute atomic E-state index is 15.0. The molecule has 8 rings (SSSR count). The fourth-order valence-corrected chi connectivity index (χ4v) is 9.22.